The molecule has 1 aliphatic carbocycles. The number of nitrogens with two attached hydrogens (primary N) is 1. The van der Waals surface area contributed by atoms with Crippen LogP contribution in [0.1, 0.15) is 32.1 Å². The van der Waals surface area contributed by atoms with Crippen LogP contribution in [-0.4, -0.2) is 44.3 Å². The summed E-state index contributed by atoms with van der Waals surface area (Å²) in [5.41, 5.74) is 6.55. The molecule has 0 aromatic carbocycles. The third kappa shape index (κ3) is 2.02. The molecule has 0 aromatic heterocycles. The van der Waals surface area contributed by atoms with Gasteiger partial charge in [-0.2, -0.15) is 0 Å². The summed E-state index contributed by atoms with van der Waals surface area (Å²) in [5.74, 6) is 1.76. The smallest absolute Gasteiger partial charge is 0.0550 e. The Hall–Kier alpha value is -0.120. The van der Waals surface area contributed by atoms with Crippen molar-refractivity contribution in [2.24, 2.45) is 23.0 Å². The molecule has 1 atom stereocenters. The van der Waals surface area contributed by atoms with Crippen molar-refractivity contribution in [1.29, 1.82) is 0 Å². The summed E-state index contributed by atoms with van der Waals surface area (Å²) in [6.45, 7) is 4.60. The molecule has 1 unspecified atom stereocenters. The fourth-order valence-corrected chi connectivity index (χ4v) is 4.24. The molecule has 0 spiro atoms. The highest BCUT2D eigenvalue weighted by Gasteiger charge is 2.52. The van der Waals surface area contributed by atoms with E-state index < -0.39 is 0 Å². The van der Waals surface area contributed by atoms with Crippen LogP contribution in [0.25, 0.3) is 0 Å². The van der Waals surface area contributed by atoms with Crippen LogP contribution in [0.4, 0.5) is 0 Å². The number of rotatable bonds is 2. The Balaban J connectivity index is 1.69. The van der Waals surface area contributed by atoms with Crippen LogP contribution >= 0.6 is 0 Å². The Morgan fingerprint density at radius 2 is 1.76 bits per heavy atom. The fourth-order valence-electron chi connectivity index (χ4n) is 4.24. The van der Waals surface area contributed by atoms with E-state index in [2.05, 4.69) is 11.9 Å². The summed E-state index contributed by atoms with van der Waals surface area (Å²) in [6.07, 6.45) is 6.52. The van der Waals surface area contributed by atoms with Gasteiger partial charge in [0.25, 0.3) is 0 Å². The minimum absolute atomic E-state index is 0.468. The lowest BCUT2D eigenvalue weighted by atomic mass is 9.60. The Kier molecular flexibility index (Phi) is 3.18. The van der Waals surface area contributed by atoms with E-state index in [1.54, 1.807) is 0 Å². The summed E-state index contributed by atoms with van der Waals surface area (Å²) in [5, 5.41) is 0. The van der Waals surface area contributed by atoms with E-state index >= 15 is 0 Å². The first-order valence-corrected chi connectivity index (χ1v) is 7.22. The molecule has 2 saturated heterocycles. The van der Waals surface area contributed by atoms with Gasteiger partial charge in [0.15, 0.2) is 0 Å². The molecule has 3 fully saturated rings. The highest BCUT2D eigenvalue weighted by atomic mass is 16.5. The van der Waals surface area contributed by atoms with Gasteiger partial charge < -0.3 is 15.4 Å². The second-order valence-electron chi connectivity index (χ2n) is 6.59. The number of ether oxygens (including phenoxy) is 1. The summed E-state index contributed by atoms with van der Waals surface area (Å²) in [6, 6.07) is 0.468. The third-order valence-corrected chi connectivity index (χ3v) is 5.53. The van der Waals surface area contributed by atoms with Crippen LogP contribution in [-0.2, 0) is 4.74 Å². The van der Waals surface area contributed by atoms with Gasteiger partial charge in [0, 0.05) is 18.0 Å². The molecule has 17 heavy (non-hydrogen) atoms. The normalized spacial score (nSPS) is 42.4. The molecule has 3 nitrogen and oxygen atoms in total. The van der Waals surface area contributed by atoms with Crippen molar-refractivity contribution in [3.63, 3.8) is 0 Å². The molecule has 3 aliphatic rings. The number of hydrogen-bond donors (Lipinski definition) is 1. The lowest BCUT2D eigenvalue weighted by Crippen LogP contribution is -2.55. The van der Waals surface area contributed by atoms with Gasteiger partial charge >= 0.3 is 0 Å². The van der Waals surface area contributed by atoms with Crippen molar-refractivity contribution >= 4 is 0 Å². The van der Waals surface area contributed by atoms with E-state index in [0.717, 1.165) is 25.0 Å². The zero-order valence-electron chi connectivity index (χ0n) is 11.0. The van der Waals surface area contributed by atoms with Crippen molar-refractivity contribution in [1.82, 2.24) is 4.90 Å². The standard InChI is InChI=1S/C14H26N2O/c1-16-7-6-12(8-16)14(9-17-10-14)11-2-4-13(15)5-3-11/h11-13H,2-10,15H2,1H3. The zero-order valence-corrected chi connectivity index (χ0v) is 11.0. The zero-order chi connectivity index (χ0) is 11.9. The van der Waals surface area contributed by atoms with Gasteiger partial charge in [-0.15, -0.1) is 0 Å². The lowest BCUT2D eigenvalue weighted by molar-refractivity contribution is -0.182. The molecule has 2 N–H and O–H groups in total. The summed E-state index contributed by atoms with van der Waals surface area (Å²) in [7, 11) is 2.25. The minimum atomic E-state index is 0.468. The highest BCUT2D eigenvalue weighted by molar-refractivity contribution is 5.01. The van der Waals surface area contributed by atoms with Crippen molar-refractivity contribution in [3.8, 4) is 0 Å². The van der Waals surface area contributed by atoms with Gasteiger partial charge in [0.2, 0.25) is 0 Å². The average Bonchev–Trinajstić information content (AvgIpc) is 2.67. The van der Waals surface area contributed by atoms with E-state index in [1.165, 1.54) is 45.2 Å². The van der Waals surface area contributed by atoms with Crippen LogP contribution in [0.2, 0.25) is 0 Å². The van der Waals surface area contributed by atoms with Crippen LogP contribution in [0.15, 0.2) is 0 Å². The van der Waals surface area contributed by atoms with Gasteiger partial charge in [-0.3, -0.25) is 0 Å². The Morgan fingerprint density at radius 3 is 2.24 bits per heavy atom. The second-order valence-corrected chi connectivity index (χ2v) is 6.59. The van der Waals surface area contributed by atoms with E-state index in [-0.39, 0.29) is 0 Å². The molecule has 0 aromatic rings. The molecule has 98 valence electrons. The monoisotopic (exact) mass is 238 g/mol. The van der Waals surface area contributed by atoms with Crippen molar-refractivity contribution in [2.45, 2.75) is 38.1 Å². The van der Waals surface area contributed by atoms with Crippen LogP contribution in [0.5, 0.6) is 0 Å². The molecular weight excluding hydrogens is 212 g/mol. The molecule has 2 aliphatic heterocycles. The van der Waals surface area contributed by atoms with Crippen LogP contribution in [0, 0.1) is 17.3 Å². The van der Waals surface area contributed by atoms with E-state index in [1.807, 2.05) is 0 Å². The molecule has 1 saturated carbocycles. The summed E-state index contributed by atoms with van der Waals surface area (Å²) in [4.78, 5) is 2.49. The van der Waals surface area contributed by atoms with E-state index in [0.29, 0.717) is 11.5 Å². The third-order valence-electron chi connectivity index (χ3n) is 5.53. The average molecular weight is 238 g/mol. The van der Waals surface area contributed by atoms with E-state index in [9.17, 15) is 0 Å². The van der Waals surface area contributed by atoms with Crippen molar-refractivity contribution in [2.75, 3.05) is 33.4 Å². The van der Waals surface area contributed by atoms with Crippen molar-refractivity contribution in [3.05, 3.63) is 0 Å². The Bertz CT molecular complexity index is 269. The predicted octanol–water partition coefficient (Wildman–Crippen LogP) is 1.47. The molecule has 0 amide bonds. The lowest BCUT2D eigenvalue weighted by Gasteiger charge is -2.53. The number of hydrogen-bond acceptors (Lipinski definition) is 3. The second kappa shape index (κ2) is 4.52. The molecule has 2 heterocycles. The maximum absolute atomic E-state index is 6.04. The van der Waals surface area contributed by atoms with Crippen LogP contribution in [0.3, 0.4) is 0 Å². The van der Waals surface area contributed by atoms with E-state index in [4.69, 9.17) is 10.5 Å². The number of nitrogens with zero attached hydrogens (tertiary/aromatic N) is 1. The first-order valence-electron chi connectivity index (χ1n) is 7.22. The van der Waals surface area contributed by atoms with Gasteiger partial charge in [0.05, 0.1) is 13.2 Å². The molecule has 3 rings (SSSR count). The maximum Gasteiger partial charge on any atom is 0.0550 e. The van der Waals surface area contributed by atoms with Gasteiger partial charge in [-0.1, -0.05) is 0 Å². The molecule has 3 heteroatoms. The quantitative estimate of drug-likeness (QED) is 0.792. The van der Waals surface area contributed by atoms with Crippen molar-refractivity contribution < 1.29 is 4.74 Å². The first-order chi connectivity index (χ1) is 8.21. The Morgan fingerprint density at radius 1 is 1.06 bits per heavy atom. The summed E-state index contributed by atoms with van der Waals surface area (Å²) >= 11 is 0. The predicted molar refractivity (Wildman–Crippen MR) is 68.8 cm³/mol. The molecule has 0 radical (unpaired) electrons. The fraction of sp³-hybridized carbons (Fsp3) is 1.00. The SMILES string of the molecule is CN1CCC(C2(C3CCC(N)CC3)COC2)C1. The molecule has 0 bridgehead atoms. The van der Waals surface area contributed by atoms with Crippen LogP contribution < -0.4 is 5.73 Å². The highest BCUT2D eigenvalue weighted by Crippen LogP contribution is 2.51. The topological polar surface area (TPSA) is 38.5 Å². The maximum atomic E-state index is 6.04. The minimum Gasteiger partial charge on any atom is -0.380 e. The number of likely N-dealkylation sites (tertiary alicyclic amines) is 1. The van der Waals surface area contributed by atoms with Gasteiger partial charge in [-0.25, -0.2) is 0 Å². The molecular formula is C14H26N2O. The van der Waals surface area contributed by atoms with Gasteiger partial charge in [0.1, 0.15) is 0 Å². The van der Waals surface area contributed by atoms with Gasteiger partial charge in [-0.05, 0) is 57.5 Å². The Labute approximate surface area is 105 Å². The summed E-state index contributed by atoms with van der Waals surface area (Å²) < 4.78 is 5.62. The largest absolute Gasteiger partial charge is 0.380 e. The first kappa shape index (κ1) is 11.9.